The van der Waals surface area contributed by atoms with E-state index in [0.717, 1.165) is 16.6 Å². The van der Waals surface area contributed by atoms with Crippen LogP contribution in [-0.4, -0.2) is 15.7 Å². The number of hydrogen-bond donors (Lipinski definition) is 1. The van der Waals surface area contributed by atoms with Gasteiger partial charge in [-0.1, -0.05) is 52.0 Å². The molecule has 0 bridgehead atoms. The molecule has 0 saturated heterocycles. The van der Waals surface area contributed by atoms with Crippen molar-refractivity contribution in [3.05, 3.63) is 42.1 Å². The van der Waals surface area contributed by atoms with E-state index < -0.39 is 5.60 Å². The van der Waals surface area contributed by atoms with Crippen molar-refractivity contribution in [3.8, 4) is 0 Å². The summed E-state index contributed by atoms with van der Waals surface area (Å²) in [6, 6.07) is 12.2. The number of nitrogens with zero attached hydrogens (tertiary/aromatic N) is 1. The van der Waals surface area contributed by atoms with Crippen LogP contribution in [0.5, 0.6) is 0 Å². The highest BCUT2D eigenvalue weighted by molar-refractivity contribution is 5.78. The molecule has 2 aromatic rings. The third-order valence-electron chi connectivity index (χ3n) is 4.12. The topological polar surface area (TPSA) is 33.1 Å². The van der Waals surface area contributed by atoms with Gasteiger partial charge in [0.05, 0.1) is 11.1 Å². The molecule has 102 valence electrons. The second-order valence-electron chi connectivity index (χ2n) is 5.97. The zero-order chi connectivity index (χ0) is 14.0. The quantitative estimate of drug-likeness (QED) is 0.903. The normalized spacial score (nSPS) is 12.6. The number of hydrogen-bond acceptors (Lipinski definition) is 2. The Hall–Kier alpha value is -1.41. The maximum Gasteiger partial charge on any atom is 0.0748 e. The van der Waals surface area contributed by atoms with Gasteiger partial charge in [0, 0.05) is 17.5 Å². The minimum atomic E-state index is -0.699. The first-order valence-electron chi connectivity index (χ1n) is 7.00. The van der Waals surface area contributed by atoms with Crippen molar-refractivity contribution in [3.63, 3.8) is 0 Å². The van der Waals surface area contributed by atoms with E-state index in [1.807, 2.05) is 24.3 Å². The van der Waals surface area contributed by atoms with E-state index in [0.29, 0.717) is 6.42 Å². The minimum Gasteiger partial charge on any atom is -0.389 e. The minimum absolute atomic E-state index is 0.209. The van der Waals surface area contributed by atoms with Crippen LogP contribution in [0.2, 0.25) is 0 Å². The van der Waals surface area contributed by atoms with E-state index in [1.165, 1.54) is 0 Å². The lowest BCUT2D eigenvalue weighted by Gasteiger charge is -2.36. The number of aliphatic hydroxyl groups is 1. The van der Waals surface area contributed by atoms with Crippen LogP contribution in [0.25, 0.3) is 10.9 Å². The highest BCUT2D eigenvalue weighted by atomic mass is 16.3. The van der Waals surface area contributed by atoms with Crippen molar-refractivity contribution in [1.29, 1.82) is 0 Å². The number of para-hydroxylation sites is 1. The Morgan fingerprint density at radius 3 is 2.26 bits per heavy atom. The van der Waals surface area contributed by atoms with Gasteiger partial charge in [-0.2, -0.15) is 0 Å². The summed E-state index contributed by atoms with van der Waals surface area (Å²) in [5.74, 6) is 0.418. The summed E-state index contributed by atoms with van der Waals surface area (Å²) in [6.07, 6.45) is 0.604. The molecule has 1 aromatic heterocycles. The number of fused-ring (bicyclic) bond motifs is 1. The third-order valence-corrected chi connectivity index (χ3v) is 4.12. The summed E-state index contributed by atoms with van der Waals surface area (Å²) >= 11 is 0. The molecular formula is C17H23NO. The number of aromatic nitrogens is 1. The lowest BCUT2D eigenvalue weighted by Crippen LogP contribution is -2.43. The first-order chi connectivity index (χ1) is 8.93. The van der Waals surface area contributed by atoms with Gasteiger partial charge in [-0.05, 0) is 24.0 Å². The SMILES string of the molecule is CC(C)C(O)(Cc1ccc2ccccc2n1)C(C)C. The van der Waals surface area contributed by atoms with Gasteiger partial charge in [0.1, 0.15) is 0 Å². The summed E-state index contributed by atoms with van der Waals surface area (Å²) < 4.78 is 0. The molecule has 2 heteroatoms. The standard InChI is InChI=1S/C17H23NO/c1-12(2)17(19,13(3)4)11-15-10-9-14-7-5-6-8-16(14)18-15/h5-10,12-13,19H,11H2,1-4H3. The Balaban J connectivity index is 2.34. The zero-order valence-corrected chi connectivity index (χ0v) is 12.2. The second kappa shape index (κ2) is 5.30. The van der Waals surface area contributed by atoms with Gasteiger partial charge in [-0.3, -0.25) is 4.98 Å². The Kier molecular flexibility index (Phi) is 3.91. The van der Waals surface area contributed by atoms with Crippen molar-refractivity contribution in [2.45, 2.75) is 39.7 Å². The molecule has 19 heavy (non-hydrogen) atoms. The molecule has 0 aliphatic heterocycles. The van der Waals surface area contributed by atoms with Crippen molar-refractivity contribution in [2.75, 3.05) is 0 Å². The lowest BCUT2D eigenvalue weighted by atomic mass is 9.77. The molecule has 1 N–H and O–H groups in total. The van der Waals surface area contributed by atoms with Crippen LogP contribution in [0.4, 0.5) is 0 Å². The first-order valence-corrected chi connectivity index (χ1v) is 7.00. The largest absolute Gasteiger partial charge is 0.389 e. The Labute approximate surface area is 115 Å². The second-order valence-corrected chi connectivity index (χ2v) is 5.97. The predicted molar refractivity (Wildman–Crippen MR) is 80.1 cm³/mol. The molecule has 0 atom stereocenters. The van der Waals surface area contributed by atoms with Crippen LogP contribution >= 0.6 is 0 Å². The molecule has 0 fully saturated rings. The summed E-state index contributed by atoms with van der Waals surface area (Å²) in [4.78, 5) is 4.67. The van der Waals surface area contributed by atoms with Gasteiger partial charge in [-0.25, -0.2) is 0 Å². The van der Waals surface area contributed by atoms with Gasteiger partial charge >= 0.3 is 0 Å². The number of benzene rings is 1. The molecular weight excluding hydrogens is 234 g/mol. The molecule has 0 saturated carbocycles. The number of pyridine rings is 1. The molecule has 0 unspecified atom stereocenters. The fourth-order valence-electron chi connectivity index (χ4n) is 2.57. The van der Waals surface area contributed by atoms with Gasteiger partial charge in [0.2, 0.25) is 0 Å². The monoisotopic (exact) mass is 257 g/mol. The van der Waals surface area contributed by atoms with Gasteiger partial charge in [0.15, 0.2) is 0 Å². The maximum atomic E-state index is 10.9. The summed E-state index contributed by atoms with van der Waals surface area (Å²) in [5.41, 5.74) is 1.26. The van der Waals surface area contributed by atoms with Crippen molar-refractivity contribution < 1.29 is 5.11 Å². The molecule has 2 nitrogen and oxygen atoms in total. The molecule has 1 aromatic carbocycles. The van der Waals surface area contributed by atoms with E-state index in [2.05, 4.69) is 44.8 Å². The smallest absolute Gasteiger partial charge is 0.0748 e. The molecule has 0 aliphatic carbocycles. The van der Waals surface area contributed by atoms with Crippen LogP contribution in [0.15, 0.2) is 36.4 Å². The van der Waals surface area contributed by atoms with E-state index in [1.54, 1.807) is 0 Å². The van der Waals surface area contributed by atoms with Crippen molar-refractivity contribution in [2.24, 2.45) is 11.8 Å². The van der Waals surface area contributed by atoms with E-state index in [-0.39, 0.29) is 11.8 Å². The fourth-order valence-corrected chi connectivity index (χ4v) is 2.57. The molecule has 0 spiro atoms. The Bertz CT molecular complexity index is 552. The molecule has 0 aliphatic rings. The van der Waals surface area contributed by atoms with E-state index >= 15 is 0 Å². The molecule has 0 amide bonds. The lowest BCUT2D eigenvalue weighted by molar-refractivity contribution is -0.0469. The van der Waals surface area contributed by atoms with Crippen LogP contribution in [-0.2, 0) is 6.42 Å². The van der Waals surface area contributed by atoms with Gasteiger partial charge in [-0.15, -0.1) is 0 Å². The predicted octanol–water partition coefficient (Wildman–Crippen LogP) is 3.82. The summed E-state index contributed by atoms with van der Waals surface area (Å²) in [6.45, 7) is 8.28. The van der Waals surface area contributed by atoms with Crippen LogP contribution in [0, 0.1) is 11.8 Å². The summed E-state index contributed by atoms with van der Waals surface area (Å²) in [5, 5.41) is 12.0. The Morgan fingerprint density at radius 2 is 1.63 bits per heavy atom. The molecule has 2 rings (SSSR count). The highest BCUT2D eigenvalue weighted by Gasteiger charge is 2.35. The molecule has 0 radical (unpaired) electrons. The third kappa shape index (κ3) is 2.79. The van der Waals surface area contributed by atoms with Crippen LogP contribution < -0.4 is 0 Å². The van der Waals surface area contributed by atoms with Gasteiger partial charge < -0.3 is 5.11 Å². The van der Waals surface area contributed by atoms with Gasteiger partial charge in [0.25, 0.3) is 0 Å². The highest BCUT2D eigenvalue weighted by Crippen LogP contribution is 2.30. The fraction of sp³-hybridized carbons (Fsp3) is 0.471. The van der Waals surface area contributed by atoms with E-state index in [4.69, 9.17) is 0 Å². The number of rotatable bonds is 4. The Morgan fingerprint density at radius 1 is 1.00 bits per heavy atom. The van der Waals surface area contributed by atoms with Crippen molar-refractivity contribution >= 4 is 10.9 Å². The molecule has 1 heterocycles. The van der Waals surface area contributed by atoms with E-state index in [9.17, 15) is 5.11 Å². The van der Waals surface area contributed by atoms with Crippen LogP contribution in [0.3, 0.4) is 0 Å². The van der Waals surface area contributed by atoms with Crippen molar-refractivity contribution in [1.82, 2.24) is 4.98 Å². The first kappa shape index (κ1) is 14.0. The summed E-state index contributed by atoms with van der Waals surface area (Å²) in [7, 11) is 0. The zero-order valence-electron chi connectivity index (χ0n) is 12.2. The van der Waals surface area contributed by atoms with Crippen LogP contribution in [0.1, 0.15) is 33.4 Å². The average molecular weight is 257 g/mol. The maximum absolute atomic E-state index is 10.9. The average Bonchev–Trinajstić information content (AvgIpc) is 2.38.